The third kappa shape index (κ3) is 5.38. The molecular formula is C36H38ClF2N7O3S. The number of nitrogens with zero attached hydrogens (tertiary/aromatic N) is 6. The zero-order valence-electron chi connectivity index (χ0n) is 28.2. The van der Waals surface area contributed by atoms with Crippen molar-refractivity contribution in [2.45, 2.75) is 82.5 Å². The minimum absolute atomic E-state index is 0.00213. The highest BCUT2D eigenvalue weighted by atomic mass is 35.5. The minimum Gasteiger partial charge on any atom is -0.461 e. The highest BCUT2D eigenvalue weighted by Gasteiger charge is 2.46. The zero-order valence-corrected chi connectivity index (χ0v) is 29.8. The van der Waals surface area contributed by atoms with Crippen LogP contribution in [-0.4, -0.2) is 81.9 Å². The predicted octanol–water partition coefficient (Wildman–Crippen LogP) is 7.49. The summed E-state index contributed by atoms with van der Waals surface area (Å²) in [5, 5.41) is 10.7. The van der Waals surface area contributed by atoms with Gasteiger partial charge in [-0.2, -0.15) is 15.2 Å². The van der Waals surface area contributed by atoms with Gasteiger partial charge in [-0.05, 0) is 90.1 Å². The number of amides is 1. The van der Waals surface area contributed by atoms with Gasteiger partial charge in [-0.3, -0.25) is 9.80 Å². The normalized spacial score (nSPS) is 21.6. The van der Waals surface area contributed by atoms with Crippen LogP contribution in [0.1, 0.15) is 64.9 Å². The van der Waals surface area contributed by atoms with Gasteiger partial charge in [-0.15, -0.1) is 11.3 Å². The first-order chi connectivity index (χ1) is 23.9. The topological polar surface area (TPSA) is 121 Å². The molecule has 4 fully saturated rings. The number of piperazine rings is 1. The number of hydrogen-bond acceptors (Lipinski definition) is 10. The Morgan fingerprint density at radius 1 is 1.16 bits per heavy atom. The van der Waals surface area contributed by atoms with Crippen LogP contribution in [0.15, 0.2) is 18.2 Å². The number of halogens is 3. The summed E-state index contributed by atoms with van der Waals surface area (Å²) < 4.78 is 44.4. The second-order valence-electron chi connectivity index (χ2n) is 14.9. The fraction of sp³-hybridized carbons (Fsp3) is 0.500. The third-order valence-corrected chi connectivity index (χ3v) is 12.0. The van der Waals surface area contributed by atoms with E-state index in [4.69, 9.17) is 31.8 Å². The third-order valence-electron chi connectivity index (χ3n) is 10.7. The maximum Gasteiger partial charge on any atom is 0.410 e. The molecule has 4 saturated heterocycles. The van der Waals surface area contributed by atoms with Gasteiger partial charge < -0.3 is 20.1 Å². The number of fused-ring (bicyclic) bond motifs is 5. The average Bonchev–Trinajstić information content (AvgIpc) is 3.80. The molecule has 50 heavy (non-hydrogen) atoms. The number of carbonyl (C=O) groups excluding carboxylic acids is 1. The maximum absolute atomic E-state index is 17.1. The van der Waals surface area contributed by atoms with Gasteiger partial charge in [0.2, 0.25) is 0 Å². The molecule has 8 rings (SSSR count). The standard InChI is InChI=1S/C36H38ClF2N7O3S/c1-35(2,3)49-34(47)46-19-6-7-20(46)17-44(16-19)32-22-14-24(37)27(21-8-9-25(38)30-26(21)23(15-40)31(41)50-30)28(39)29(22)42-33(43-32)48-18-36-10-4-12-45(36)13-5-11-36/h8-9,14,19-20H,4-7,10-13,16-18,41H2,1-3H3/t19-,20-/m0/s1. The van der Waals surface area contributed by atoms with E-state index in [1.165, 1.54) is 12.1 Å². The number of benzene rings is 2. The van der Waals surface area contributed by atoms with Gasteiger partial charge in [0, 0.05) is 29.4 Å². The lowest BCUT2D eigenvalue weighted by atomic mass is 9.95. The summed E-state index contributed by atoms with van der Waals surface area (Å²) in [6.07, 6.45) is 5.49. The first-order valence-electron chi connectivity index (χ1n) is 17.1. The van der Waals surface area contributed by atoms with E-state index in [0.29, 0.717) is 30.9 Å². The molecule has 0 saturated carbocycles. The van der Waals surface area contributed by atoms with Crippen LogP contribution < -0.4 is 15.4 Å². The number of nitrogen functional groups attached to an aromatic ring is 1. The Morgan fingerprint density at radius 2 is 1.86 bits per heavy atom. The van der Waals surface area contributed by atoms with E-state index in [1.807, 2.05) is 25.7 Å². The van der Waals surface area contributed by atoms with Gasteiger partial charge >= 0.3 is 12.1 Å². The molecule has 2 N–H and O–H groups in total. The Balaban J connectivity index is 1.24. The number of thiophene rings is 1. The molecule has 1 amide bonds. The fourth-order valence-corrected chi connectivity index (χ4v) is 9.81. The Labute approximate surface area is 297 Å². The smallest absolute Gasteiger partial charge is 0.410 e. The Kier molecular flexibility index (Phi) is 8.00. The van der Waals surface area contributed by atoms with Crippen LogP contribution in [0.2, 0.25) is 5.02 Å². The van der Waals surface area contributed by atoms with Crippen LogP contribution in [0.3, 0.4) is 0 Å². The molecule has 0 aliphatic carbocycles. The van der Waals surface area contributed by atoms with Crippen LogP contribution in [0.5, 0.6) is 6.01 Å². The predicted molar refractivity (Wildman–Crippen MR) is 190 cm³/mol. The average molecular weight is 722 g/mol. The van der Waals surface area contributed by atoms with Crippen LogP contribution in [0, 0.1) is 23.0 Å². The number of nitrogens with two attached hydrogens (primary N) is 1. The van der Waals surface area contributed by atoms with E-state index in [9.17, 15) is 14.4 Å². The largest absolute Gasteiger partial charge is 0.461 e. The lowest BCUT2D eigenvalue weighted by Gasteiger charge is -2.42. The Hall–Kier alpha value is -3.99. The van der Waals surface area contributed by atoms with E-state index in [0.717, 1.165) is 63.0 Å². The van der Waals surface area contributed by atoms with E-state index in [2.05, 4.69) is 20.9 Å². The van der Waals surface area contributed by atoms with Crippen LogP contribution in [-0.2, 0) is 4.74 Å². The molecule has 10 nitrogen and oxygen atoms in total. The SMILES string of the molecule is CC(C)(C)OC(=O)N1[C@H]2CC[C@H]1CN(c1nc(OCC34CCCN3CCC4)nc3c(F)c(-c4ccc(F)c5sc(N)c(C#N)c45)c(Cl)cc13)C2. The zero-order chi connectivity index (χ0) is 35.1. The van der Waals surface area contributed by atoms with Gasteiger partial charge in [-0.1, -0.05) is 17.7 Å². The first-order valence-corrected chi connectivity index (χ1v) is 18.3. The quantitative estimate of drug-likeness (QED) is 0.223. The van der Waals surface area contributed by atoms with E-state index >= 15 is 4.39 Å². The number of rotatable bonds is 5. The van der Waals surface area contributed by atoms with Crippen molar-refractivity contribution in [3.8, 4) is 23.2 Å². The van der Waals surface area contributed by atoms with Crippen molar-refractivity contribution in [3.63, 3.8) is 0 Å². The van der Waals surface area contributed by atoms with E-state index in [-0.39, 0.29) is 72.0 Å². The molecule has 2 bridgehead atoms. The lowest BCUT2D eigenvalue weighted by Crippen LogP contribution is -2.57. The van der Waals surface area contributed by atoms with Crippen molar-refractivity contribution in [1.82, 2.24) is 19.8 Å². The molecule has 262 valence electrons. The summed E-state index contributed by atoms with van der Waals surface area (Å²) >= 11 is 7.85. The summed E-state index contributed by atoms with van der Waals surface area (Å²) in [6.45, 7) is 8.91. The number of carbonyl (C=O) groups is 1. The van der Waals surface area contributed by atoms with Crippen LogP contribution >= 0.6 is 22.9 Å². The molecule has 4 aliphatic heterocycles. The van der Waals surface area contributed by atoms with E-state index < -0.39 is 17.2 Å². The number of ether oxygens (including phenoxy) is 2. The van der Waals surface area contributed by atoms with Gasteiger partial charge in [-0.25, -0.2) is 13.6 Å². The van der Waals surface area contributed by atoms with Crippen molar-refractivity contribution in [2.24, 2.45) is 0 Å². The van der Waals surface area contributed by atoms with E-state index in [1.54, 1.807) is 6.07 Å². The maximum atomic E-state index is 17.1. The molecule has 4 aliphatic rings. The molecular weight excluding hydrogens is 684 g/mol. The van der Waals surface area contributed by atoms with Crippen molar-refractivity contribution in [3.05, 3.63) is 40.4 Å². The molecule has 14 heteroatoms. The molecule has 2 aromatic heterocycles. The second-order valence-corrected chi connectivity index (χ2v) is 16.4. The highest BCUT2D eigenvalue weighted by Crippen LogP contribution is 2.46. The summed E-state index contributed by atoms with van der Waals surface area (Å²) in [4.78, 5) is 29.2. The van der Waals surface area contributed by atoms with Crippen molar-refractivity contribution in [1.29, 1.82) is 5.26 Å². The Bertz CT molecular complexity index is 2070. The van der Waals surface area contributed by atoms with Crippen molar-refractivity contribution in [2.75, 3.05) is 43.4 Å². The van der Waals surface area contributed by atoms with Gasteiger partial charge in [0.25, 0.3) is 0 Å². The summed E-state index contributed by atoms with van der Waals surface area (Å²) in [5.41, 5.74) is 5.68. The number of anilines is 2. The summed E-state index contributed by atoms with van der Waals surface area (Å²) in [7, 11) is 0. The number of hydrogen-bond donors (Lipinski definition) is 1. The number of nitriles is 1. The minimum atomic E-state index is -0.737. The number of aromatic nitrogens is 2. The monoisotopic (exact) mass is 721 g/mol. The molecule has 0 spiro atoms. The summed E-state index contributed by atoms with van der Waals surface area (Å²) in [6, 6.07) is 6.13. The van der Waals surface area contributed by atoms with Gasteiger partial charge in [0.05, 0.1) is 32.9 Å². The molecule has 2 atom stereocenters. The summed E-state index contributed by atoms with van der Waals surface area (Å²) in [5.74, 6) is -0.835. The van der Waals surface area contributed by atoms with Crippen molar-refractivity contribution < 1.29 is 23.0 Å². The fourth-order valence-electron chi connectivity index (χ4n) is 8.57. The van der Waals surface area contributed by atoms with Crippen LogP contribution in [0.4, 0.5) is 24.4 Å². The van der Waals surface area contributed by atoms with Crippen LogP contribution in [0.25, 0.3) is 32.1 Å². The first kappa shape index (κ1) is 33.2. The molecule has 2 aromatic carbocycles. The van der Waals surface area contributed by atoms with Crippen molar-refractivity contribution >= 4 is 60.8 Å². The molecule has 0 unspecified atom stereocenters. The molecule has 4 aromatic rings. The highest BCUT2D eigenvalue weighted by molar-refractivity contribution is 7.23. The molecule has 0 radical (unpaired) electrons. The Morgan fingerprint density at radius 3 is 2.52 bits per heavy atom. The molecule has 6 heterocycles. The second kappa shape index (κ2) is 12.1. The van der Waals surface area contributed by atoms with Gasteiger partial charge in [0.1, 0.15) is 40.4 Å². The van der Waals surface area contributed by atoms with Gasteiger partial charge in [0.15, 0.2) is 5.82 Å². The lowest BCUT2D eigenvalue weighted by molar-refractivity contribution is 0.0122.